The van der Waals surface area contributed by atoms with E-state index < -0.39 is 0 Å². The van der Waals surface area contributed by atoms with Gasteiger partial charge in [0, 0.05) is 17.9 Å². The summed E-state index contributed by atoms with van der Waals surface area (Å²) in [6.07, 6.45) is 0.949. The summed E-state index contributed by atoms with van der Waals surface area (Å²) in [7, 11) is 0. The normalized spacial score (nSPS) is 10.3. The molecule has 18 heavy (non-hydrogen) atoms. The van der Waals surface area contributed by atoms with Gasteiger partial charge in [0.1, 0.15) is 5.82 Å². The summed E-state index contributed by atoms with van der Waals surface area (Å²) in [5, 5.41) is 0. The Kier molecular flexibility index (Phi) is 4.31. The van der Waals surface area contributed by atoms with Crippen molar-refractivity contribution in [3.8, 4) is 0 Å². The van der Waals surface area contributed by atoms with Crippen LogP contribution >= 0.6 is 0 Å². The molecule has 2 N–H and O–H groups in total. The third kappa shape index (κ3) is 3.08. The molecule has 0 radical (unpaired) electrons. The fourth-order valence-electron chi connectivity index (χ4n) is 1.91. The number of aryl methyl sites for hydroxylation is 1. The van der Waals surface area contributed by atoms with Crippen molar-refractivity contribution in [3.63, 3.8) is 0 Å². The molecule has 0 amide bonds. The van der Waals surface area contributed by atoms with E-state index >= 15 is 0 Å². The molecule has 0 bridgehead atoms. The Morgan fingerprint density at radius 2 is 1.83 bits per heavy atom. The van der Waals surface area contributed by atoms with Gasteiger partial charge in [0.25, 0.3) is 0 Å². The molecule has 0 unspecified atom stereocenters. The molecule has 3 nitrogen and oxygen atoms in total. The van der Waals surface area contributed by atoms with Gasteiger partial charge in [-0.05, 0) is 44.2 Å². The first-order valence-corrected chi connectivity index (χ1v) is 6.27. The van der Waals surface area contributed by atoms with Crippen molar-refractivity contribution in [2.75, 3.05) is 18.0 Å². The SMILES string of the molecule is Cc1cccc(N(CCCN)c2ccccc2)n1. The second-order valence-electron chi connectivity index (χ2n) is 4.27. The molecule has 94 valence electrons. The van der Waals surface area contributed by atoms with Crippen LogP contribution in [0.25, 0.3) is 0 Å². The first kappa shape index (κ1) is 12.6. The van der Waals surface area contributed by atoms with Crippen molar-refractivity contribution in [1.29, 1.82) is 0 Å². The Balaban J connectivity index is 2.31. The lowest BCUT2D eigenvalue weighted by atomic mass is 10.2. The van der Waals surface area contributed by atoms with E-state index in [4.69, 9.17) is 5.73 Å². The summed E-state index contributed by atoms with van der Waals surface area (Å²) < 4.78 is 0. The second-order valence-corrected chi connectivity index (χ2v) is 4.27. The van der Waals surface area contributed by atoms with E-state index in [2.05, 4.69) is 22.0 Å². The maximum atomic E-state index is 5.62. The topological polar surface area (TPSA) is 42.1 Å². The molecule has 0 aliphatic rings. The third-order valence-electron chi connectivity index (χ3n) is 2.80. The second kappa shape index (κ2) is 6.17. The van der Waals surface area contributed by atoms with Crippen LogP contribution in [0.2, 0.25) is 0 Å². The Morgan fingerprint density at radius 3 is 2.50 bits per heavy atom. The molecule has 1 heterocycles. The van der Waals surface area contributed by atoms with Gasteiger partial charge in [-0.15, -0.1) is 0 Å². The standard InChI is InChI=1S/C15H19N3/c1-13-7-5-10-15(17-13)18(12-6-11-16)14-8-3-2-4-9-14/h2-5,7-10H,6,11-12,16H2,1H3. The molecule has 3 heteroatoms. The number of pyridine rings is 1. The third-order valence-corrected chi connectivity index (χ3v) is 2.80. The zero-order valence-electron chi connectivity index (χ0n) is 10.7. The molecule has 2 aromatic rings. The minimum absolute atomic E-state index is 0.690. The number of nitrogens with zero attached hydrogens (tertiary/aromatic N) is 2. The first-order chi connectivity index (χ1) is 8.81. The van der Waals surface area contributed by atoms with E-state index in [-0.39, 0.29) is 0 Å². The van der Waals surface area contributed by atoms with Gasteiger partial charge < -0.3 is 10.6 Å². The maximum Gasteiger partial charge on any atom is 0.133 e. The van der Waals surface area contributed by atoms with Gasteiger partial charge in [-0.25, -0.2) is 4.98 Å². The lowest BCUT2D eigenvalue weighted by molar-refractivity contribution is 0.809. The lowest BCUT2D eigenvalue weighted by Gasteiger charge is -2.24. The minimum Gasteiger partial charge on any atom is -0.330 e. The number of para-hydroxylation sites is 1. The molecule has 0 saturated heterocycles. The van der Waals surface area contributed by atoms with Gasteiger partial charge in [0.2, 0.25) is 0 Å². The van der Waals surface area contributed by atoms with Crippen LogP contribution in [0.4, 0.5) is 11.5 Å². The highest BCUT2D eigenvalue weighted by atomic mass is 15.2. The van der Waals surface area contributed by atoms with E-state index in [1.54, 1.807) is 0 Å². The molecule has 2 rings (SSSR count). The van der Waals surface area contributed by atoms with E-state index in [0.29, 0.717) is 6.54 Å². The molecular formula is C15H19N3. The highest BCUT2D eigenvalue weighted by Gasteiger charge is 2.09. The maximum absolute atomic E-state index is 5.62. The Hall–Kier alpha value is -1.87. The van der Waals surface area contributed by atoms with Crippen LogP contribution in [0.5, 0.6) is 0 Å². The number of nitrogens with two attached hydrogens (primary N) is 1. The summed E-state index contributed by atoms with van der Waals surface area (Å²) in [6, 6.07) is 16.4. The van der Waals surface area contributed by atoms with Crippen molar-refractivity contribution in [3.05, 3.63) is 54.2 Å². The van der Waals surface area contributed by atoms with E-state index in [9.17, 15) is 0 Å². The van der Waals surface area contributed by atoms with Crippen LogP contribution in [0.15, 0.2) is 48.5 Å². The molecule has 0 spiro atoms. The molecule has 0 aliphatic carbocycles. The molecule has 0 fully saturated rings. The van der Waals surface area contributed by atoms with Crippen molar-refractivity contribution in [2.45, 2.75) is 13.3 Å². The predicted octanol–water partition coefficient (Wildman–Crippen LogP) is 2.88. The fraction of sp³-hybridized carbons (Fsp3) is 0.267. The largest absolute Gasteiger partial charge is 0.330 e. The quantitative estimate of drug-likeness (QED) is 0.875. The lowest BCUT2D eigenvalue weighted by Crippen LogP contribution is -2.21. The summed E-state index contributed by atoms with van der Waals surface area (Å²) in [5.74, 6) is 0.981. The average molecular weight is 241 g/mol. The number of hydrogen-bond donors (Lipinski definition) is 1. The number of aromatic nitrogens is 1. The molecule has 1 aromatic heterocycles. The van der Waals surface area contributed by atoms with Crippen molar-refractivity contribution < 1.29 is 0 Å². The van der Waals surface area contributed by atoms with Crippen molar-refractivity contribution in [2.24, 2.45) is 5.73 Å². The number of rotatable bonds is 5. The molecular weight excluding hydrogens is 222 g/mol. The van der Waals surface area contributed by atoms with Gasteiger partial charge in [0.15, 0.2) is 0 Å². The van der Waals surface area contributed by atoms with Crippen LogP contribution in [-0.2, 0) is 0 Å². The zero-order chi connectivity index (χ0) is 12.8. The predicted molar refractivity (Wildman–Crippen MR) is 76.1 cm³/mol. The van der Waals surface area contributed by atoms with Crippen LogP contribution in [0, 0.1) is 6.92 Å². The number of anilines is 2. The summed E-state index contributed by atoms with van der Waals surface area (Å²) in [5.41, 5.74) is 7.80. The van der Waals surface area contributed by atoms with E-state index in [1.807, 2.05) is 43.3 Å². The van der Waals surface area contributed by atoms with Gasteiger partial charge in [-0.1, -0.05) is 24.3 Å². The summed E-state index contributed by atoms with van der Waals surface area (Å²) >= 11 is 0. The van der Waals surface area contributed by atoms with Gasteiger partial charge in [0.05, 0.1) is 0 Å². The van der Waals surface area contributed by atoms with Crippen LogP contribution in [0.3, 0.4) is 0 Å². The van der Waals surface area contributed by atoms with Crippen LogP contribution < -0.4 is 10.6 Å². The Bertz CT molecular complexity index is 482. The van der Waals surface area contributed by atoms with Gasteiger partial charge in [-0.3, -0.25) is 0 Å². The van der Waals surface area contributed by atoms with Crippen LogP contribution in [0.1, 0.15) is 12.1 Å². The van der Waals surface area contributed by atoms with E-state index in [0.717, 1.165) is 30.2 Å². The smallest absolute Gasteiger partial charge is 0.133 e. The highest BCUT2D eigenvalue weighted by Crippen LogP contribution is 2.23. The monoisotopic (exact) mass is 241 g/mol. The molecule has 0 atom stereocenters. The number of hydrogen-bond acceptors (Lipinski definition) is 3. The Labute approximate surface area is 108 Å². The number of benzene rings is 1. The van der Waals surface area contributed by atoms with E-state index in [1.165, 1.54) is 0 Å². The van der Waals surface area contributed by atoms with Crippen molar-refractivity contribution in [1.82, 2.24) is 4.98 Å². The zero-order valence-corrected chi connectivity index (χ0v) is 10.7. The van der Waals surface area contributed by atoms with Crippen molar-refractivity contribution >= 4 is 11.5 Å². The van der Waals surface area contributed by atoms with Gasteiger partial charge >= 0.3 is 0 Å². The first-order valence-electron chi connectivity index (χ1n) is 6.27. The molecule has 0 aliphatic heterocycles. The average Bonchev–Trinajstić information content (AvgIpc) is 2.40. The molecule has 1 aromatic carbocycles. The summed E-state index contributed by atoms with van der Waals surface area (Å²) in [6.45, 7) is 3.59. The van der Waals surface area contributed by atoms with Gasteiger partial charge in [-0.2, -0.15) is 0 Å². The summed E-state index contributed by atoms with van der Waals surface area (Å²) in [4.78, 5) is 6.80. The fourth-order valence-corrected chi connectivity index (χ4v) is 1.91. The minimum atomic E-state index is 0.690. The molecule has 0 saturated carbocycles. The highest BCUT2D eigenvalue weighted by molar-refractivity contribution is 5.59. The van der Waals surface area contributed by atoms with Crippen LogP contribution in [-0.4, -0.2) is 18.1 Å². The Morgan fingerprint density at radius 1 is 1.06 bits per heavy atom.